The zero-order valence-electron chi connectivity index (χ0n) is 17.3. The summed E-state index contributed by atoms with van der Waals surface area (Å²) in [5.41, 5.74) is 1.24. The van der Waals surface area contributed by atoms with Gasteiger partial charge < -0.3 is 4.90 Å². The molecule has 0 aliphatic heterocycles. The van der Waals surface area contributed by atoms with Crippen LogP contribution < -0.4 is 0 Å². The monoisotopic (exact) mass is 366 g/mol. The molecule has 0 saturated carbocycles. The first-order valence-corrected chi connectivity index (χ1v) is 10.2. The van der Waals surface area contributed by atoms with Gasteiger partial charge in [-0.3, -0.25) is 9.78 Å². The van der Waals surface area contributed by atoms with Gasteiger partial charge in [0.1, 0.15) is 0 Å². The largest absolute Gasteiger partial charge is 0.309 e. The highest BCUT2D eigenvalue weighted by Crippen LogP contribution is 2.39. The van der Waals surface area contributed by atoms with E-state index >= 15 is 0 Å². The average Bonchev–Trinajstić information content (AvgIpc) is 2.70. The summed E-state index contributed by atoms with van der Waals surface area (Å²) in [7, 11) is 4.13. The van der Waals surface area contributed by atoms with Crippen LogP contribution in [0.1, 0.15) is 57.2 Å². The van der Waals surface area contributed by atoms with Gasteiger partial charge in [-0.25, -0.2) is 0 Å². The molecule has 27 heavy (non-hydrogen) atoms. The molecule has 146 valence electrons. The standard InChI is InChI=1S/C24H34N2O/c1-5-7-13-20(6-2)23(27)24(17-19-26(3)4,21-14-9-8-10-15-21)22-16-11-12-18-25-22/h8-12,14-16,18,20H,5-7,13,17,19H2,1-4H3/t20-,24+/m0/s1. The van der Waals surface area contributed by atoms with Crippen molar-refractivity contribution in [1.29, 1.82) is 0 Å². The first kappa shape index (κ1) is 21.3. The van der Waals surface area contributed by atoms with Gasteiger partial charge in [0, 0.05) is 12.1 Å². The molecule has 0 aliphatic rings. The molecule has 3 heteroatoms. The second-order valence-electron chi connectivity index (χ2n) is 7.65. The van der Waals surface area contributed by atoms with Crippen LogP contribution in [0.4, 0.5) is 0 Å². The molecule has 0 unspecified atom stereocenters. The molecule has 1 aromatic heterocycles. The van der Waals surface area contributed by atoms with Crippen LogP contribution in [0, 0.1) is 5.92 Å². The fraction of sp³-hybridized carbons (Fsp3) is 0.500. The minimum absolute atomic E-state index is 0.0642. The number of ketones is 1. The van der Waals surface area contributed by atoms with Crippen molar-refractivity contribution in [2.24, 2.45) is 5.92 Å². The van der Waals surface area contributed by atoms with E-state index in [1.54, 1.807) is 0 Å². The second-order valence-corrected chi connectivity index (χ2v) is 7.65. The first-order valence-electron chi connectivity index (χ1n) is 10.2. The molecule has 3 nitrogen and oxygen atoms in total. The highest BCUT2D eigenvalue weighted by molar-refractivity contribution is 5.95. The van der Waals surface area contributed by atoms with Gasteiger partial charge in [0.2, 0.25) is 0 Å². The smallest absolute Gasteiger partial charge is 0.152 e. The SMILES string of the molecule is CCCC[C@H](CC)C(=O)[C@](CCN(C)C)(c1ccccc1)c1ccccn1. The molecule has 1 heterocycles. The Hall–Kier alpha value is -2.00. The van der Waals surface area contributed by atoms with Crippen LogP contribution in [-0.2, 0) is 10.2 Å². The third kappa shape index (κ3) is 5.04. The number of benzene rings is 1. The number of nitrogens with zero attached hydrogens (tertiary/aromatic N) is 2. The van der Waals surface area contributed by atoms with Crippen LogP contribution >= 0.6 is 0 Å². The summed E-state index contributed by atoms with van der Waals surface area (Å²) in [6, 6.07) is 16.2. The lowest BCUT2D eigenvalue weighted by Gasteiger charge is -2.36. The van der Waals surface area contributed by atoms with Crippen LogP contribution in [0.15, 0.2) is 54.7 Å². The van der Waals surface area contributed by atoms with Gasteiger partial charge in [0.15, 0.2) is 5.78 Å². The quantitative estimate of drug-likeness (QED) is 0.554. The number of aromatic nitrogens is 1. The normalized spacial score (nSPS) is 14.7. The maximum absolute atomic E-state index is 14.1. The Balaban J connectivity index is 2.61. The first-order chi connectivity index (χ1) is 13.1. The van der Waals surface area contributed by atoms with E-state index < -0.39 is 5.41 Å². The lowest BCUT2D eigenvalue weighted by molar-refractivity contribution is -0.128. The van der Waals surface area contributed by atoms with E-state index in [2.05, 4.69) is 50.0 Å². The zero-order chi connectivity index (χ0) is 19.7. The van der Waals surface area contributed by atoms with Crippen LogP contribution in [0.3, 0.4) is 0 Å². The topological polar surface area (TPSA) is 33.2 Å². The molecule has 0 bridgehead atoms. The number of rotatable bonds is 11. The molecule has 1 aromatic carbocycles. The van der Waals surface area contributed by atoms with Crippen LogP contribution in [0.2, 0.25) is 0 Å². The zero-order valence-corrected chi connectivity index (χ0v) is 17.3. The van der Waals surface area contributed by atoms with Crippen molar-refractivity contribution in [1.82, 2.24) is 9.88 Å². The summed E-state index contributed by atoms with van der Waals surface area (Å²) in [6.07, 6.45) is 6.58. The van der Waals surface area contributed by atoms with E-state index in [-0.39, 0.29) is 5.92 Å². The number of carbonyl (C=O) groups is 1. The molecule has 0 aliphatic carbocycles. The molecule has 0 radical (unpaired) electrons. The Morgan fingerprint density at radius 1 is 1.07 bits per heavy atom. The molecular formula is C24H34N2O. The van der Waals surface area contributed by atoms with Crippen LogP contribution in [0.5, 0.6) is 0 Å². The van der Waals surface area contributed by atoms with E-state index in [4.69, 9.17) is 0 Å². The van der Waals surface area contributed by atoms with E-state index in [9.17, 15) is 4.79 Å². The summed E-state index contributed by atoms with van der Waals surface area (Å²) < 4.78 is 0. The van der Waals surface area contributed by atoms with Crippen molar-refractivity contribution in [3.63, 3.8) is 0 Å². The summed E-state index contributed by atoms with van der Waals surface area (Å²) in [4.78, 5) is 20.9. The Morgan fingerprint density at radius 3 is 2.33 bits per heavy atom. The molecule has 2 aromatic rings. The lowest BCUT2D eigenvalue weighted by Crippen LogP contribution is -2.44. The average molecular weight is 367 g/mol. The predicted octanol–water partition coefficient (Wildman–Crippen LogP) is 5.10. The summed E-state index contributed by atoms with van der Waals surface area (Å²) in [5.74, 6) is 0.388. The summed E-state index contributed by atoms with van der Waals surface area (Å²) in [5, 5.41) is 0. The summed E-state index contributed by atoms with van der Waals surface area (Å²) in [6.45, 7) is 5.16. The third-order valence-corrected chi connectivity index (χ3v) is 5.49. The minimum Gasteiger partial charge on any atom is -0.309 e. The molecular weight excluding hydrogens is 332 g/mol. The Bertz CT molecular complexity index is 643. The third-order valence-electron chi connectivity index (χ3n) is 5.49. The van der Waals surface area contributed by atoms with Gasteiger partial charge in [-0.2, -0.15) is 0 Å². The molecule has 0 saturated heterocycles. The van der Waals surface area contributed by atoms with Crippen LogP contribution in [0.25, 0.3) is 0 Å². The van der Waals surface area contributed by atoms with E-state index in [0.717, 1.165) is 49.9 Å². The van der Waals surface area contributed by atoms with Crippen molar-refractivity contribution >= 4 is 5.78 Å². The second kappa shape index (κ2) is 10.4. The number of hydrogen-bond donors (Lipinski definition) is 0. The molecule has 0 spiro atoms. The number of pyridine rings is 1. The number of Topliss-reactive ketones (excluding diaryl/α,β-unsaturated/α-hetero) is 1. The van der Waals surface area contributed by atoms with Crippen molar-refractivity contribution in [2.45, 2.75) is 51.4 Å². The highest BCUT2D eigenvalue weighted by Gasteiger charge is 2.45. The van der Waals surface area contributed by atoms with E-state index in [0.29, 0.717) is 5.78 Å². The molecule has 0 amide bonds. The molecule has 2 rings (SSSR count). The maximum atomic E-state index is 14.1. The fourth-order valence-electron chi connectivity index (χ4n) is 3.86. The number of unbranched alkanes of at least 4 members (excludes halogenated alkanes) is 1. The van der Waals surface area contributed by atoms with E-state index in [1.165, 1.54) is 0 Å². The molecule has 0 N–H and O–H groups in total. The van der Waals surface area contributed by atoms with Gasteiger partial charge >= 0.3 is 0 Å². The number of hydrogen-bond acceptors (Lipinski definition) is 3. The Kier molecular flexibility index (Phi) is 8.18. The number of carbonyl (C=O) groups excluding carboxylic acids is 1. The van der Waals surface area contributed by atoms with Gasteiger partial charge in [-0.05, 0) is 57.6 Å². The fourth-order valence-corrected chi connectivity index (χ4v) is 3.86. The Labute approximate surface area is 164 Å². The van der Waals surface area contributed by atoms with Gasteiger partial charge in [0.25, 0.3) is 0 Å². The van der Waals surface area contributed by atoms with Crippen molar-refractivity contribution in [3.8, 4) is 0 Å². The molecule has 0 fully saturated rings. The Morgan fingerprint density at radius 2 is 1.78 bits per heavy atom. The minimum atomic E-state index is -0.693. The maximum Gasteiger partial charge on any atom is 0.152 e. The van der Waals surface area contributed by atoms with Gasteiger partial charge in [0.05, 0.1) is 11.1 Å². The van der Waals surface area contributed by atoms with Gasteiger partial charge in [-0.15, -0.1) is 0 Å². The summed E-state index contributed by atoms with van der Waals surface area (Å²) >= 11 is 0. The van der Waals surface area contributed by atoms with Gasteiger partial charge in [-0.1, -0.05) is 63.1 Å². The lowest BCUT2D eigenvalue weighted by atomic mass is 9.66. The van der Waals surface area contributed by atoms with Crippen molar-refractivity contribution in [3.05, 3.63) is 66.0 Å². The van der Waals surface area contributed by atoms with E-state index in [1.807, 2.05) is 42.6 Å². The highest BCUT2D eigenvalue weighted by atomic mass is 16.1. The van der Waals surface area contributed by atoms with Crippen molar-refractivity contribution in [2.75, 3.05) is 20.6 Å². The van der Waals surface area contributed by atoms with Crippen molar-refractivity contribution < 1.29 is 4.79 Å². The predicted molar refractivity (Wildman–Crippen MR) is 113 cm³/mol. The molecule has 2 atom stereocenters. The van der Waals surface area contributed by atoms with Crippen LogP contribution in [-0.4, -0.2) is 36.3 Å².